The summed E-state index contributed by atoms with van der Waals surface area (Å²) in [7, 11) is -3.06. The molecule has 0 spiro atoms. The molecule has 1 aliphatic rings. The van der Waals surface area contributed by atoms with Crippen LogP contribution in [0.4, 0.5) is 0 Å². The second kappa shape index (κ2) is 5.74. The van der Waals surface area contributed by atoms with Gasteiger partial charge >= 0.3 is 0 Å². The third kappa shape index (κ3) is 3.33. The summed E-state index contributed by atoms with van der Waals surface area (Å²) in [5.41, 5.74) is 0.218. The zero-order chi connectivity index (χ0) is 14.8. The fourth-order valence-corrected chi connectivity index (χ4v) is 4.33. The quantitative estimate of drug-likeness (QED) is 0.860. The number of carbonyl (C=O) groups excluding carboxylic acids is 1. The monoisotopic (exact) mass is 315 g/mol. The highest BCUT2D eigenvalue weighted by atomic mass is 35.5. The summed E-state index contributed by atoms with van der Waals surface area (Å²) in [5.74, 6) is -0.452. The van der Waals surface area contributed by atoms with Crippen LogP contribution in [-0.4, -0.2) is 31.7 Å². The second-order valence-corrected chi connectivity index (χ2v) is 7.92. The van der Waals surface area contributed by atoms with Gasteiger partial charge in [-0.1, -0.05) is 30.3 Å². The van der Waals surface area contributed by atoms with Crippen molar-refractivity contribution < 1.29 is 13.2 Å². The molecular weight excluding hydrogens is 298 g/mol. The van der Waals surface area contributed by atoms with Gasteiger partial charge in [0.2, 0.25) is 5.91 Å². The van der Waals surface area contributed by atoms with Gasteiger partial charge in [0.15, 0.2) is 9.84 Å². The summed E-state index contributed by atoms with van der Waals surface area (Å²) in [5, 5.41) is 2.90. The van der Waals surface area contributed by atoms with Crippen LogP contribution in [0.5, 0.6) is 0 Å². The zero-order valence-electron chi connectivity index (χ0n) is 11.3. The Balaban J connectivity index is 2.13. The van der Waals surface area contributed by atoms with E-state index < -0.39 is 21.3 Å². The van der Waals surface area contributed by atoms with Gasteiger partial charge in [-0.25, -0.2) is 8.42 Å². The van der Waals surface area contributed by atoms with Crippen LogP contribution in [0.15, 0.2) is 30.3 Å². The van der Waals surface area contributed by atoms with E-state index >= 15 is 0 Å². The van der Waals surface area contributed by atoms with Crippen molar-refractivity contribution >= 4 is 27.3 Å². The van der Waals surface area contributed by atoms with E-state index in [1.165, 1.54) is 0 Å². The third-order valence-electron chi connectivity index (χ3n) is 3.68. The Kier molecular flexibility index (Phi) is 4.39. The van der Waals surface area contributed by atoms with Crippen molar-refractivity contribution in [2.24, 2.45) is 5.92 Å². The second-order valence-electron chi connectivity index (χ2n) is 5.42. The zero-order valence-corrected chi connectivity index (χ0v) is 12.9. The topological polar surface area (TPSA) is 63.2 Å². The van der Waals surface area contributed by atoms with E-state index in [1.54, 1.807) is 0 Å². The predicted octanol–water partition coefficient (Wildman–Crippen LogP) is 1.69. The van der Waals surface area contributed by atoms with Gasteiger partial charge < -0.3 is 5.32 Å². The van der Waals surface area contributed by atoms with Crippen LogP contribution in [0.3, 0.4) is 0 Å². The number of alkyl halides is 1. The van der Waals surface area contributed by atoms with Crippen LogP contribution >= 0.6 is 11.6 Å². The van der Waals surface area contributed by atoms with Gasteiger partial charge in [0.1, 0.15) is 0 Å². The fourth-order valence-electron chi connectivity index (χ4n) is 2.36. The molecule has 0 aromatic heterocycles. The molecule has 1 saturated heterocycles. The Bertz CT molecular complexity index is 588. The van der Waals surface area contributed by atoms with Crippen LogP contribution in [-0.2, 0) is 20.2 Å². The maximum absolute atomic E-state index is 12.2. The Morgan fingerprint density at radius 2 is 2.05 bits per heavy atom. The Hall–Kier alpha value is -1.07. The van der Waals surface area contributed by atoms with E-state index in [4.69, 9.17) is 11.6 Å². The molecule has 2 unspecified atom stereocenters. The van der Waals surface area contributed by atoms with Crippen molar-refractivity contribution in [2.45, 2.75) is 18.9 Å². The number of halogens is 1. The van der Waals surface area contributed by atoms with Gasteiger partial charge in [0, 0.05) is 5.88 Å². The Morgan fingerprint density at radius 1 is 1.40 bits per heavy atom. The van der Waals surface area contributed by atoms with E-state index in [0.29, 0.717) is 6.42 Å². The minimum Gasteiger partial charge on any atom is -0.345 e. The molecule has 2 atom stereocenters. The lowest BCUT2D eigenvalue weighted by Gasteiger charge is -2.30. The molecule has 4 nitrogen and oxygen atoms in total. The van der Waals surface area contributed by atoms with E-state index in [2.05, 4.69) is 5.32 Å². The molecule has 1 amide bonds. The number of hydrogen-bond acceptors (Lipinski definition) is 3. The van der Waals surface area contributed by atoms with E-state index in [0.717, 1.165) is 5.56 Å². The Morgan fingerprint density at radius 3 is 2.55 bits per heavy atom. The number of benzene rings is 1. The number of hydrogen-bond donors (Lipinski definition) is 1. The third-order valence-corrected chi connectivity index (χ3v) is 5.98. The van der Waals surface area contributed by atoms with Gasteiger partial charge in [-0.2, -0.15) is 0 Å². The summed E-state index contributed by atoms with van der Waals surface area (Å²) in [4.78, 5) is 12.2. The molecule has 6 heteroatoms. The lowest BCUT2D eigenvalue weighted by molar-refractivity contribution is -0.125. The largest absolute Gasteiger partial charge is 0.345 e. The SMILES string of the molecule is CC(CCl)(NC(=O)C1CCS(=O)(=O)C1)c1ccccc1. The molecule has 1 aromatic carbocycles. The summed E-state index contributed by atoms with van der Waals surface area (Å²) >= 11 is 6.02. The van der Waals surface area contributed by atoms with Crippen molar-refractivity contribution in [3.8, 4) is 0 Å². The molecule has 1 heterocycles. The molecule has 1 N–H and O–H groups in total. The highest BCUT2D eigenvalue weighted by Gasteiger charge is 2.36. The van der Waals surface area contributed by atoms with E-state index in [9.17, 15) is 13.2 Å². The summed E-state index contributed by atoms with van der Waals surface area (Å²) < 4.78 is 22.9. The highest BCUT2D eigenvalue weighted by molar-refractivity contribution is 7.91. The molecule has 0 radical (unpaired) electrons. The first-order chi connectivity index (χ1) is 9.36. The van der Waals surface area contributed by atoms with Crippen LogP contribution in [0.2, 0.25) is 0 Å². The lowest BCUT2D eigenvalue weighted by atomic mass is 9.93. The smallest absolute Gasteiger partial charge is 0.224 e. The van der Waals surface area contributed by atoms with Crippen molar-refractivity contribution in [2.75, 3.05) is 17.4 Å². The lowest BCUT2D eigenvalue weighted by Crippen LogP contribution is -2.47. The van der Waals surface area contributed by atoms with Gasteiger partial charge in [0.05, 0.1) is 23.0 Å². The van der Waals surface area contributed by atoms with Crippen molar-refractivity contribution in [3.63, 3.8) is 0 Å². The minimum atomic E-state index is -3.06. The van der Waals surface area contributed by atoms with E-state index in [-0.39, 0.29) is 23.3 Å². The number of sulfone groups is 1. The molecule has 1 fully saturated rings. The summed E-state index contributed by atoms with van der Waals surface area (Å²) in [6.07, 6.45) is 0.390. The first kappa shape index (κ1) is 15.3. The Labute approximate surface area is 124 Å². The standard InChI is InChI=1S/C14H18ClNO3S/c1-14(10-15,12-5-3-2-4-6-12)16-13(17)11-7-8-20(18,19)9-11/h2-6,11H,7-10H2,1H3,(H,16,17). The maximum atomic E-state index is 12.2. The number of carbonyl (C=O) groups is 1. The molecule has 1 aromatic rings. The summed E-state index contributed by atoms with van der Waals surface area (Å²) in [6.45, 7) is 1.84. The highest BCUT2D eigenvalue weighted by Crippen LogP contribution is 2.25. The maximum Gasteiger partial charge on any atom is 0.224 e. The average Bonchev–Trinajstić information content (AvgIpc) is 2.80. The average molecular weight is 316 g/mol. The van der Waals surface area contributed by atoms with Crippen molar-refractivity contribution in [1.29, 1.82) is 0 Å². The van der Waals surface area contributed by atoms with Gasteiger partial charge in [-0.05, 0) is 18.9 Å². The fraction of sp³-hybridized carbons (Fsp3) is 0.500. The first-order valence-corrected chi connectivity index (χ1v) is 8.86. The minimum absolute atomic E-state index is 0.0635. The van der Waals surface area contributed by atoms with E-state index in [1.807, 2.05) is 37.3 Å². The molecule has 0 saturated carbocycles. The van der Waals surface area contributed by atoms with Gasteiger partial charge in [-0.15, -0.1) is 11.6 Å². The first-order valence-electron chi connectivity index (χ1n) is 6.50. The van der Waals surface area contributed by atoms with Crippen LogP contribution in [0.1, 0.15) is 18.9 Å². The normalized spacial score (nSPS) is 24.0. The molecule has 2 rings (SSSR count). The number of nitrogens with one attached hydrogen (secondary N) is 1. The summed E-state index contributed by atoms with van der Waals surface area (Å²) in [6, 6.07) is 9.45. The van der Waals surface area contributed by atoms with Crippen molar-refractivity contribution in [3.05, 3.63) is 35.9 Å². The predicted molar refractivity (Wildman–Crippen MR) is 79.4 cm³/mol. The molecular formula is C14H18ClNO3S. The van der Waals surface area contributed by atoms with Crippen LogP contribution in [0.25, 0.3) is 0 Å². The van der Waals surface area contributed by atoms with Gasteiger partial charge in [0.25, 0.3) is 0 Å². The number of rotatable bonds is 4. The van der Waals surface area contributed by atoms with Crippen LogP contribution < -0.4 is 5.32 Å². The van der Waals surface area contributed by atoms with Gasteiger partial charge in [-0.3, -0.25) is 4.79 Å². The molecule has 110 valence electrons. The molecule has 20 heavy (non-hydrogen) atoms. The number of amides is 1. The van der Waals surface area contributed by atoms with Crippen molar-refractivity contribution in [1.82, 2.24) is 5.32 Å². The molecule has 0 aliphatic carbocycles. The molecule has 0 bridgehead atoms. The van der Waals surface area contributed by atoms with Crippen LogP contribution in [0, 0.1) is 5.92 Å². The molecule has 1 aliphatic heterocycles.